The van der Waals surface area contributed by atoms with Crippen molar-refractivity contribution in [1.29, 1.82) is 0 Å². The molecule has 86 valence electrons. The topological polar surface area (TPSA) is 0 Å². The summed E-state index contributed by atoms with van der Waals surface area (Å²) in [6.45, 7) is 18.5. The zero-order valence-corrected chi connectivity index (χ0v) is 12.1. The van der Waals surface area contributed by atoms with Crippen LogP contribution in [0.4, 0.5) is 0 Å². The zero-order valence-electron chi connectivity index (χ0n) is 11.2. The van der Waals surface area contributed by atoms with E-state index in [2.05, 4.69) is 68.0 Å². The maximum atomic E-state index is 4.69. The van der Waals surface area contributed by atoms with Gasteiger partial charge in [-0.2, -0.15) is 12.6 Å². The summed E-state index contributed by atoms with van der Waals surface area (Å²) in [4.78, 5) is 0. The predicted octanol–water partition coefficient (Wildman–Crippen LogP) is 4.65. The van der Waals surface area contributed by atoms with Crippen LogP contribution in [0.2, 0.25) is 0 Å². The highest BCUT2D eigenvalue weighted by Crippen LogP contribution is 2.43. The first-order valence-corrected chi connectivity index (χ1v) is 6.18. The van der Waals surface area contributed by atoms with Gasteiger partial charge in [0.25, 0.3) is 0 Å². The Morgan fingerprint density at radius 3 is 1.36 bits per heavy atom. The van der Waals surface area contributed by atoms with Gasteiger partial charge in [0.15, 0.2) is 0 Å². The summed E-state index contributed by atoms with van der Waals surface area (Å²) in [6, 6.07) is 0. The molecule has 0 amide bonds. The van der Waals surface area contributed by atoms with Gasteiger partial charge < -0.3 is 0 Å². The van der Waals surface area contributed by atoms with Gasteiger partial charge in [0.1, 0.15) is 0 Å². The highest BCUT2D eigenvalue weighted by Gasteiger charge is 2.37. The standard InChI is InChI=1S/C13H28S/c1-9(2)12(5,6)10(3)11(4)13(7,8)14/h9-11,14H,1-8H3. The lowest BCUT2D eigenvalue weighted by Crippen LogP contribution is -2.38. The average molecular weight is 216 g/mol. The summed E-state index contributed by atoms with van der Waals surface area (Å²) in [6.07, 6.45) is 0. The van der Waals surface area contributed by atoms with Crippen LogP contribution in [0.15, 0.2) is 0 Å². The van der Waals surface area contributed by atoms with E-state index in [0.29, 0.717) is 17.3 Å². The number of rotatable bonds is 4. The number of hydrogen-bond acceptors (Lipinski definition) is 1. The van der Waals surface area contributed by atoms with Crippen molar-refractivity contribution in [2.45, 2.75) is 60.1 Å². The van der Waals surface area contributed by atoms with Gasteiger partial charge in [-0.15, -0.1) is 0 Å². The molecular formula is C13H28S. The van der Waals surface area contributed by atoms with E-state index in [1.54, 1.807) is 0 Å². The molecule has 0 fully saturated rings. The molecule has 0 nitrogen and oxygen atoms in total. The third-order valence-corrected chi connectivity index (χ3v) is 4.93. The monoisotopic (exact) mass is 216 g/mol. The van der Waals surface area contributed by atoms with Gasteiger partial charge in [-0.05, 0) is 23.2 Å². The molecule has 0 radical (unpaired) electrons. The molecule has 0 heterocycles. The fourth-order valence-electron chi connectivity index (χ4n) is 1.78. The molecule has 0 N–H and O–H groups in total. The van der Waals surface area contributed by atoms with Crippen molar-refractivity contribution in [3.8, 4) is 0 Å². The van der Waals surface area contributed by atoms with E-state index in [9.17, 15) is 0 Å². The van der Waals surface area contributed by atoms with Crippen molar-refractivity contribution in [3.63, 3.8) is 0 Å². The van der Waals surface area contributed by atoms with Crippen LogP contribution in [0.5, 0.6) is 0 Å². The van der Waals surface area contributed by atoms with Crippen molar-refractivity contribution in [2.75, 3.05) is 0 Å². The molecule has 0 aliphatic rings. The lowest BCUT2D eigenvalue weighted by molar-refractivity contribution is 0.0928. The molecule has 2 unspecified atom stereocenters. The van der Waals surface area contributed by atoms with Gasteiger partial charge in [-0.1, -0.05) is 55.4 Å². The maximum absolute atomic E-state index is 4.69. The molecule has 14 heavy (non-hydrogen) atoms. The van der Waals surface area contributed by atoms with E-state index in [4.69, 9.17) is 0 Å². The van der Waals surface area contributed by atoms with Gasteiger partial charge in [0, 0.05) is 4.75 Å². The molecule has 0 aromatic carbocycles. The molecule has 1 heteroatoms. The first-order valence-electron chi connectivity index (χ1n) is 5.73. The second kappa shape index (κ2) is 4.47. The minimum atomic E-state index is 0.117. The van der Waals surface area contributed by atoms with Crippen LogP contribution in [0, 0.1) is 23.2 Å². The molecule has 0 aromatic heterocycles. The van der Waals surface area contributed by atoms with E-state index < -0.39 is 0 Å². The van der Waals surface area contributed by atoms with Gasteiger partial charge in [0.2, 0.25) is 0 Å². The lowest BCUT2D eigenvalue weighted by atomic mass is 9.65. The SMILES string of the molecule is CC(C(C)C(C)(C)C(C)C)C(C)(C)S. The molecular weight excluding hydrogens is 188 g/mol. The van der Waals surface area contributed by atoms with E-state index in [1.807, 2.05) is 0 Å². The fraction of sp³-hybridized carbons (Fsp3) is 1.00. The van der Waals surface area contributed by atoms with E-state index in [0.717, 1.165) is 5.92 Å². The first-order chi connectivity index (χ1) is 6.01. The minimum Gasteiger partial charge on any atom is -0.173 e. The van der Waals surface area contributed by atoms with Crippen molar-refractivity contribution in [1.82, 2.24) is 0 Å². The molecule has 0 spiro atoms. The Hall–Kier alpha value is 0.350. The van der Waals surface area contributed by atoms with Crippen LogP contribution in [0.3, 0.4) is 0 Å². The van der Waals surface area contributed by atoms with Gasteiger partial charge >= 0.3 is 0 Å². The molecule has 0 aliphatic carbocycles. The van der Waals surface area contributed by atoms with E-state index >= 15 is 0 Å². The molecule has 0 saturated heterocycles. The number of hydrogen-bond donors (Lipinski definition) is 1. The quantitative estimate of drug-likeness (QED) is 0.650. The highest BCUT2D eigenvalue weighted by atomic mass is 32.1. The fourth-order valence-corrected chi connectivity index (χ4v) is 2.01. The molecule has 0 aromatic rings. The minimum absolute atomic E-state index is 0.117. The third-order valence-electron chi connectivity index (χ3n) is 4.53. The normalized spacial score (nSPS) is 18.4. The second-order valence-corrected chi connectivity index (χ2v) is 7.36. The van der Waals surface area contributed by atoms with Crippen molar-refractivity contribution >= 4 is 12.6 Å². The number of thiol groups is 1. The summed E-state index contributed by atoms with van der Waals surface area (Å²) in [5.41, 5.74) is 0.388. The average Bonchev–Trinajstić information content (AvgIpc) is 1.99. The molecule has 0 rings (SSSR count). The Morgan fingerprint density at radius 2 is 1.14 bits per heavy atom. The van der Waals surface area contributed by atoms with Crippen molar-refractivity contribution < 1.29 is 0 Å². The molecule has 0 aliphatic heterocycles. The summed E-state index contributed by atoms with van der Waals surface area (Å²) >= 11 is 4.69. The second-order valence-electron chi connectivity index (χ2n) is 6.21. The van der Waals surface area contributed by atoms with E-state index in [1.165, 1.54) is 0 Å². The van der Waals surface area contributed by atoms with E-state index in [-0.39, 0.29) is 4.75 Å². The van der Waals surface area contributed by atoms with Gasteiger partial charge in [-0.3, -0.25) is 0 Å². The molecule has 0 bridgehead atoms. The maximum Gasteiger partial charge on any atom is 0.0101 e. The van der Waals surface area contributed by atoms with Crippen LogP contribution in [-0.4, -0.2) is 4.75 Å². The Kier molecular flexibility index (Phi) is 4.58. The van der Waals surface area contributed by atoms with Crippen LogP contribution in [0.1, 0.15) is 55.4 Å². The third kappa shape index (κ3) is 3.18. The van der Waals surface area contributed by atoms with Crippen LogP contribution in [-0.2, 0) is 0 Å². The summed E-state index contributed by atoms with van der Waals surface area (Å²) in [5.74, 6) is 2.04. The van der Waals surface area contributed by atoms with Crippen LogP contribution in [0.25, 0.3) is 0 Å². The van der Waals surface area contributed by atoms with Gasteiger partial charge in [-0.25, -0.2) is 0 Å². The van der Waals surface area contributed by atoms with Crippen molar-refractivity contribution in [3.05, 3.63) is 0 Å². The zero-order chi connectivity index (χ0) is 11.7. The molecule has 0 saturated carbocycles. The van der Waals surface area contributed by atoms with Gasteiger partial charge in [0.05, 0.1) is 0 Å². The Labute approximate surface area is 96.3 Å². The Bertz CT molecular complexity index is 174. The molecule has 2 atom stereocenters. The first kappa shape index (κ1) is 14.3. The highest BCUT2D eigenvalue weighted by molar-refractivity contribution is 7.81. The summed E-state index contributed by atoms with van der Waals surface area (Å²) < 4.78 is 0.117. The Morgan fingerprint density at radius 1 is 0.786 bits per heavy atom. The summed E-state index contributed by atoms with van der Waals surface area (Å²) in [7, 11) is 0. The summed E-state index contributed by atoms with van der Waals surface area (Å²) in [5, 5.41) is 0. The Balaban J connectivity index is 4.70. The van der Waals surface area contributed by atoms with Crippen molar-refractivity contribution in [2.24, 2.45) is 23.2 Å². The largest absolute Gasteiger partial charge is 0.173 e. The van der Waals surface area contributed by atoms with Crippen LogP contribution < -0.4 is 0 Å². The lowest BCUT2D eigenvalue weighted by Gasteiger charge is -2.43. The smallest absolute Gasteiger partial charge is 0.0101 e. The predicted molar refractivity (Wildman–Crippen MR) is 70.0 cm³/mol. The van der Waals surface area contributed by atoms with Crippen LogP contribution >= 0.6 is 12.6 Å².